The molecule has 0 atom stereocenters. The molecule has 2 heterocycles. The van der Waals surface area contributed by atoms with Crippen LogP contribution in [0.25, 0.3) is 11.3 Å². The molecule has 0 bridgehead atoms. The molecule has 0 saturated carbocycles. The quantitative estimate of drug-likeness (QED) is 0.407. The molecule has 0 radical (unpaired) electrons. The summed E-state index contributed by atoms with van der Waals surface area (Å²) in [6.45, 7) is 2.71. The Kier molecular flexibility index (Phi) is 6.47. The predicted octanol–water partition coefficient (Wildman–Crippen LogP) is 5.44. The Labute approximate surface area is 189 Å². The van der Waals surface area contributed by atoms with E-state index in [9.17, 15) is 9.18 Å². The minimum atomic E-state index is -0.505. The van der Waals surface area contributed by atoms with Crippen molar-refractivity contribution in [1.29, 1.82) is 0 Å². The fourth-order valence-electron chi connectivity index (χ4n) is 3.21. The van der Waals surface area contributed by atoms with Crippen LogP contribution in [0.15, 0.2) is 73.1 Å². The van der Waals surface area contributed by atoms with Crippen LogP contribution < -0.4 is 10.1 Å². The van der Waals surface area contributed by atoms with Crippen LogP contribution in [-0.4, -0.2) is 27.0 Å². The monoisotopic (exact) mass is 450 g/mol. The predicted molar refractivity (Wildman–Crippen MR) is 122 cm³/mol. The van der Waals surface area contributed by atoms with E-state index in [-0.39, 0.29) is 16.5 Å². The van der Waals surface area contributed by atoms with Gasteiger partial charge in [0.1, 0.15) is 17.3 Å². The normalized spacial score (nSPS) is 10.7. The smallest absolute Gasteiger partial charge is 0.277 e. The third-order valence-corrected chi connectivity index (χ3v) is 5.02. The lowest BCUT2D eigenvalue weighted by Gasteiger charge is -2.13. The summed E-state index contributed by atoms with van der Waals surface area (Å²) in [5.41, 5.74) is 2.23. The van der Waals surface area contributed by atoms with E-state index in [4.69, 9.17) is 16.3 Å². The van der Waals surface area contributed by atoms with Crippen LogP contribution in [-0.2, 0) is 6.54 Å². The van der Waals surface area contributed by atoms with Crippen LogP contribution in [0.4, 0.5) is 10.2 Å². The molecule has 2 aromatic carbocycles. The number of benzene rings is 2. The molecule has 32 heavy (non-hydrogen) atoms. The maximum absolute atomic E-state index is 13.4. The van der Waals surface area contributed by atoms with Crippen molar-refractivity contribution < 1.29 is 13.9 Å². The number of anilines is 1. The van der Waals surface area contributed by atoms with E-state index in [1.165, 1.54) is 12.1 Å². The van der Waals surface area contributed by atoms with Gasteiger partial charge in [-0.05, 0) is 42.8 Å². The van der Waals surface area contributed by atoms with Crippen molar-refractivity contribution in [2.75, 3.05) is 11.9 Å². The van der Waals surface area contributed by atoms with Gasteiger partial charge in [-0.15, -0.1) is 0 Å². The molecule has 162 valence electrons. The minimum Gasteiger partial charge on any atom is -0.478 e. The molecule has 0 unspecified atom stereocenters. The number of aromatic nitrogens is 3. The van der Waals surface area contributed by atoms with Gasteiger partial charge in [-0.3, -0.25) is 4.79 Å². The van der Waals surface area contributed by atoms with Crippen molar-refractivity contribution in [3.63, 3.8) is 0 Å². The second-order valence-electron chi connectivity index (χ2n) is 6.93. The Balaban J connectivity index is 1.72. The lowest BCUT2D eigenvalue weighted by Crippen LogP contribution is -2.18. The molecule has 8 heteroatoms. The van der Waals surface area contributed by atoms with Crippen LogP contribution in [0.1, 0.15) is 23.0 Å². The van der Waals surface area contributed by atoms with Crippen LogP contribution >= 0.6 is 11.6 Å². The van der Waals surface area contributed by atoms with Gasteiger partial charge in [-0.2, -0.15) is 0 Å². The number of nitrogens with one attached hydrogen (secondary N) is 1. The summed E-state index contributed by atoms with van der Waals surface area (Å²) in [6.07, 6.45) is 1.63. The largest absolute Gasteiger partial charge is 0.478 e. The number of hydrogen-bond donors (Lipinski definition) is 1. The van der Waals surface area contributed by atoms with E-state index in [0.717, 1.165) is 5.56 Å². The van der Waals surface area contributed by atoms with Gasteiger partial charge < -0.3 is 14.6 Å². The van der Waals surface area contributed by atoms with Crippen LogP contribution in [0.3, 0.4) is 0 Å². The molecule has 1 amide bonds. The number of imidazole rings is 1. The average molecular weight is 451 g/mol. The van der Waals surface area contributed by atoms with Crippen molar-refractivity contribution in [2.45, 2.75) is 13.5 Å². The summed E-state index contributed by atoms with van der Waals surface area (Å²) in [5, 5.41) is 3.08. The zero-order valence-electron chi connectivity index (χ0n) is 17.3. The summed E-state index contributed by atoms with van der Waals surface area (Å²) < 4.78 is 20.6. The molecule has 2 aromatic heterocycles. The first kappa shape index (κ1) is 21.5. The van der Waals surface area contributed by atoms with Gasteiger partial charge in [-0.25, -0.2) is 14.4 Å². The zero-order valence-corrected chi connectivity index (χ0v) is 18.0. The molecule has 0 aliphatic rings. The molecule has 0 aliphatic carbocycles. The van der Waals surface area contributed by atoms with E-state index < -0.39 is 5.91 Å². The number of carbonyl (C=O) groups is 1. The van der Waals surface area contributed by atoms with Crippen molar-refractivity contribution in [3.05, 3.63) is 95.2 Å². The van der Waals surface area contributed by atoms with E-state index in [1.807, 2.05) is 41.8 Å². The van der Waals surface area contributed by atoms with Gasteiger partial charge in [-0.1, -0.05) is 41.9 Å². The number of carbonyl (C=O) groups excluding carboxylic acids is 1. The second-order valence-corrected chi connectivity index (χ2v) is 7.34. The Bertz CT molecular complexity index is 1230. The Morgan fingerprint density at radius 2 is 1.84 bits per heavy atom. The first-order valence-corrected chi connectivity index (χ1v) is 10.4. The Hall–Kier alpha value is -3.71. The second kappa shape index (κ2) is 9.62. The molecule has 6 nitrogen and oxygen atoms in total. The molecular weight excluding hydrogens is 431 g/mol. The lowest BCUT2D eigenvalue weighted by molar-refractivity contribution is 0.102. The van der Waals surface area contributed by atoms with Crippen molar-refractivity contribution in [1.82, 2.24) is 14.5 Å². The number of ether oxygens (including phenoxy) is 1. The maximum Gasteiger partial charge on any atom is 0.277 e. The number of nitrogens with zero attached hydrogens (tertiary/aromatic N) is 3. The fourth-order valence-corrected chi connectivity index (χ4v) is 3.40. The van der Waals surface area contributed by atoms with Crippen LogP contribution in [0, 0.1) is 5.82 Å². The molecule has 1 N–H and O–H groups in total. The molecule has 4 rings (SSSR count). The van der Waals surface area contributed by atoms with Gasteiger partial charge in [0.05, 0.1) is 24.5 Å². The topological polar surface area (TPSA) is 69.0 Å². The first-order valence-electron chi connectivity index (χ1n) is 10.0. The highest BCUT2D eigenvalue weighted by atomic mass is 35.5. The molecule has 0 saturated heterocycles. The average Bonchev–Trinajstić information content (AvgIpc) is 3.18. The summed E-state index contributed by atoms with van der Waals surface area (Å²) in [4.78, 5) is 21.8. The van der Waals surface area contributed by atoms with Gasteiger partial charge in [0.2, 0.25) is 5.88 Å². The third-order valence-electron chi connectivity index (χ3n) is 4.71. The van der Waals surface area contributed by atoms with E-state index in [1.54, 1.807) is 30.6 Å². The SMILES string of the molecule is CCOc1ccc(Cl)c(C(=O)Nc2c(-c3ccc(F)cc3)ncn2Cc2ccccc2)n1. The van der Waals surface area contributed by atoms with Crippen molar-refractivity contribution in [3.8, 4) is 17.1 Å². The molecular formula is C24H20ClFN4O2. The van der Waals surface area contributed by atoms with Crippen LogP contribution in [0.2, 0.25) is 5.02 Å². The standard InChI is InChI=1S/C24H20ClFN4O2/c1-2-32-20-13-12-19(25)22(28-20)24(31)29-23-21(17-8-10-18(26)11-9-17)27-15-30(23)14-16-6-4-3-5-7-16/h3-13,15H,2,14H2,1H3,(H,29,31). The Morgan fingerprint density at radius 3 is 2.56 bits per heavy atom. The fraction of sp³-hybridized carbons (Fsp3) is 0.125. The van der Waals surface area contributed by atoms with Gasteiger partial charge in [0.15, 0.2) is 5.69 Å². The lowest BCUT2D eigenvalue weighted by atomic mass is 10.1. The number of amides is 1. The highest BCUT2D eigenvalue weighted by Crippen LogP contribution is 2.29. The molecule has 4 aromatic rings. The third kappa shape index (κ3) is 4.78. The molecule has 0 aliphatic heterocycles. The van der Waals surface area contributed by atoms with E-state index in [0.29, 0.717) is 36.1 Å². The minimum absolute atomic E-state index is 0.0372. The van der Waals surface area contributed by atoms with Gasteiger partial charge >= 0.3 is 0 Å². The van der Waals surface area contributed by atoms with Gasteiger partial charge in [0.25, 0.3) is 5.91 Å². The summed E-state index contributed by atoms with van der Waals surface area (Å²) in [5.74, 6) is -0.106. The number of rotatable bonds is 7. The van der Waals surface area contributed by atoms with Crippen molar-refractivity contribution in [2.24, 2.45) is 0 Å². The van der Waals surface area contributed by atoms with E-state index >= 15 is 0 Å². The number of pyridine rings is 1. The molecule has 0 fully saturated rings. The zero-order chi connectivity index (χ0) is 22.5. The number of halogens is 2. The first-order chi connectivity index (χ1) is 15.5. The number of hydrogen-bond acceptors (Lipinski definition) is 4. The summed E-state index contributed by atoms with van der Waals surface area (Å²) in [7, 11) is 0. The van der Waals surface area contributed by atoms with Crippen molar-refractivity contribution >= 4 is 23.3 Å². The summed E-state index contributed by atoms with van der Waals surface area (Å²) in [6, 6.07) is 18.9. The maximum atomic E-state index is 13.4. The Morgan fingerprint density at radius 1 is 1.09 bits per heavy atom. The molecule has 0 spiro atoms. The van der Waals surface area contributed by atoms with E-state index in [2.05, 4.69) is 15.3 Å². The van der Waals surface area contributed by atoms with Gasteiger partial charge in [0, 0.05) is 11.6 Å². The summed E-state index contributed by atoms with van der Waals surface area (Å²) >= 11 is 6.23. The highest BCUT2D eigenvalue weighted by Gasteiger charge is 2.20. The highest BCUT2D eigenvalue weighted by molar-refractivity contribution is 6.34. The van der Waals surface area contributed by atoms with Crippen LogP contribution in [0.5, 0.6) is 5.88 Å².